The first-order valence-electron chi connectivity index (χ1n) is 29.4. The molecule has 8 unspecified atom stereocenters. The Hall–Kier alpha value is -8.32. The van der Waals surface area contributed by atoms with Crippen LogP contribution in [0.5, 0.6) is 0 Å². The molecule has 0 radical (unpaired) electrons. The van der Waals surface area contributed by atoms with E-state index in [9.17, 15) is 0 Å². The van der Waals surface area contributed by atoms with Gasteiger partial charge in [0.05, 0.1) is 0 Å². The lowest BCUT2D eigenvalue weighted by Gasteiger charge is -2.77. The summed E-state index contributed by atoms with van der Waals surface area (Å²) in [6.07, 6.45) is 5.60. The van der Waals surface area contributed by atoms with Crippen molar-refractivity contribution in [3.8, 4) is 0 Å². The first-order valence-corrected chi connectivity index (χ1v) is 29.4. The molecule has 0 amide bonds. The van der Waals surface area contributed by atoms with E-state index in [0.717, 1.165) is 0 Å². The highest BCUT2D eigenvalue weighted by molar-refractivity contribution is 6.81. The zero-order valence-electron chi connectivity index (χ0n) is 40.2. The Bertz CT molecular complexity index is 7810. The van der Waals surface area contributed by atoms with Gasteiger partial charge in [0.25, 0.3) is 0 Å². The van der Waals surface area contributed by atoms with E-state index < -0.39 is 0 Å². The second-order valence-corrected chi connectivity index (χ2v) is 29.7. The number of allylic oxidation sites excluding steroid dienone is 2. The Kier molecular flexibility index (Phi) is 2.51. The maximum Gasteiger partial charge on any atom is 0.0402 e. The van der Waals surface area contributed by atoms with E-state index in [0.29, 0.717) is 23.7 Å². The van der Waals surface area contributed by atoms with Gasteiger partial charge in [-0.15, -0.1) is 0 Å². The SMILES string of the molecule is CC(C)=CC1CC2C3CC(c4ccccc4)C45c6c7c8c9c%10c%11c%12c%13c%14c(c%15c%16c4c4c6c6c8c8c%17c9c9c%11c%11c%12c%12c%14c%14c%15c%15c%16c%16c4c4c6c8c6c8c%17c9c9c%11c%11c%12c%14c%12c%15c%14c%16c4c6c4c%14c%12c%11c9c84)C35C%132C7%101. The van der Waals surface area contributed by atoms with Crippen LogP contribution in [0, 0.1) is 17.8 Å². The minimum Gasteiger partial charge on any atom is -0.0815 e. The summed E-state index contributed by atoms with van der Waals surface area (Å²) >= 11 is 0. The molecule has 0 N–H and O–H groups in total. The molecule has 3 saturated carbocycles. The van der Waals surface area contributed by atoms with Crippen molar-refractivity contribution >= 4 is 269 Å². The van der Waals surface area contributed by atoms with Crippen molar-refractivity contribution in [1.29, 1.82) is 0 Å². The number of hydrogen-bond donors (Lipinski definition) is 0. The van der Waals surface area contributed by atoms with E-state index in [2.05, 4.69) is 50.3 Å². The zero-order chi connectivity index (χ0) is 45.5. The molecule has 4 spiro atoms. The van der Waals surface area contributed by atoms with Crippen molar-refractivity contribution in [2.24, 2.45) is 17.8 Å². The highest BCUT2D eigenvalue weighted by Gasteiger charge is 2.98. The molecule has 9 aliphatic carbocycles. The van der Waals surface area contributed by atoms with Crippen molar-refractivity contribution in [2.45, 2.75) is 54.3 Å². The molecule has 0 nitrogen and oxygen atoms in total. The van der Waals surface area contributed by atoms with Crippen molar-refractivity contribution in [2.75, 3.05) is 0 Å². The van der Waals surface area contributed by atoms with Crippen LogP contribution in [-0.4, -0.2) is 0 Å². The molecule has 27 aromatic carbocycles. The lowest BCUT2D eigenvalue weighted by Crippen LogP contribution is -2.80. The molecule has 27 aromatic rings. The highest BCUT2D eigenvalue weighted by atomic mass is 15.0. The number of fused-ring (bicyclic) bond motifs is 1. The van der Waals surface area contributed by atoms with Gasteiger partial charge in [-0.1, -0.05) is 42.0 Å². The topological polar surface area (TPSA) is 0 Å². The van der Waals surface area contributed by atoms with Crippen LogP contribution in [0.1, 0.15) is 71.6 Å². The Morgan fingerprint density at radius 1 is 0.289 bits per heavy atom. The van der Waals surface area contributed by atoms with Crippen molar-refractivity contribution in [3.05, 3.63) is 80.9 Å². The minimum absolute atomic E-state index is 0.0269. The fourth-order valence-electron chi connectivity index (χ4n) is 30.9. The first kappa shape index (κ1) is 29.1. The van der Waals surface area contributed by atoms with Crippen LogP contribution in [0.25, 0.3) is 269 Å². The standard InChI is InChI=1S/C76H20/c1-11(2)8-13-9-15-16-10-14(12-6-4-3-5-7-12)74-68-59-52-44-35-27-20-18-17-19-21-22(20)29-33(27)46(52)54-48-37(29)36-28(21)32-26(19)34-30-23(17)25-24(18)31(35)40-42-38(25)41-39(30)49-43(34)51-45(32)53-47(36)57(48)66-69-62(53)58(51)67-60(49)64-55(41)56(42)65(61(68)50(40)44)72(74)71(64)73(13,67)75(15,69)76(16,74)70(66)63(54)59/h3-8,13-16H,9-10H2,1-2H3. The summed E-state index contributed by atoms with van der Waals surface area (Å²) in [7, 11) is 0. The lowest BCUT2D eigenvalue weighted by atomic mass is 9.24. The van der Waals surface area contributed by atoms with Gasteiger partial charge in [-0.2, -0.15) is 0 Å². The molecular formula is C76H20. The van der Waals surface area contributed by atoms with Crippen molar-refractivity contribution in [1.82, 2.24) is 0 Å². The van der Waals surface area contributed by atoms with Gasteiger partial charge >= 0.3 is 0 Å². The van der Waals surface area contributed by atoms with Crippen LogP contribution in [0.2, 0.25) is 0 Å². The summed E-state index contributed by atoms with van der Waals surface area (Å²) in [5.41, 5.74) is 14.3. The van der Waals surface area contributed by atoms with E-state index in [1.54, 1.807) is 270 Å². The summed E-state index contributed by atoms with van der Waals surface area (Å²) < 4.78 is 0. The van der Waals surface area contributed by atoms with Gasteiger partial charge < -0.3 is 0 Å². The van der Waals surface area contributed by atoms with Gasteiger partial charge in [0.1, 0.15) is 0 Å². The summed E-state index contributed by atoms with van der Waals surface area (Å²) in [5.74, 6) is 2.13. The minimum atomic E-state index is -0.161. The second-order valence-electron chi connectivity index (χ2n) is 29.7. The number of benzene rings is 18. The van der Waals surface area contributed by atoms with Crippen molar-refractivity contribution in [3.63, 3.8) is 0 Å². The monoisotopic (exact) mass is 932 g/mol. The third-order valence-electron chi connectivity index (χ3n) is 29.9. The Morgan fingerprint density at radius 3 is 0.908 bits per heavy atom. The molecular weight excluding hydrogens is 913 g/mol. The number of rotatable bonds is 2. The van der Waals surface area contributed by atoms with E-state index in [4.69, 9.17) is 0 Å². The van der Waals surface area contributed by atoms with Crippen LogP contribution in [-0.2, 0) is 21.7 Å². The van der Waals surface area contributed by atoms with Crippen LogP contribution >= 0.6 is 0 Å². The molecule has 324 valence electrons. The molecule has 0 heterocycles. The molecule has 0 aliphatic heterocycles. The van der Waals surface area contributed by atoms with Gasteiger partial charge in [0, 0.05) is 21.7 Å². The Balaban J connectivity index is 1.13. The third kappa shape index (κ3) is 1.48. The maximum atomic E-state index is 2.96. The normalized spacial score (nSPS) is 30.9. The van der Waals surface area contributed by atoms with Crippen LogP contribution in [0.3, 0.4) is 0 Å². The van der Waals surface area contributed by atoms with Gasteiger partial charge in [0.15, 0.2) is 0 Å². The predicted molar refractivity (Wildman–Crippen MR) is 317 cm³/mol. The largest absolute Gasteiger partial charge is 0.0815 e. The molecule has 36 rings (SSSR count). The first-order chi connectivity index (χ1) is 37.7. The molecule has 0 bridgehead atoms. The molecule has 0 saturated heterocycles. The van der Waals surface area contributed by atoms with E-state index in [-0.39, 0.29) is 21.7 Å². The second kappa shape index (κ2) is 6.54. The molecule has 9 aliphatic rings. The fourth-order valence-corrected chi connectivity index (χ4v) is 30.9. The Labute approximate surface area is 419 Å². The van der Waals surface area contributed by atoms with Gasteiger partial charge in [-0.25, -0.2) is 0 Å². The molecule has 8 atom stereocenters. The van der Waals surface area contributed by atoms with Crippen molar-refractivity contribution < 1.29 is 0 Å². The third-order valence-corrected chi connectivity index (χ3v) is 29.9. The summed E-state index contributed by atoms with van der Waals surface area (Å²) in [6.45, 7) is 4.98. The van der Waals surface area contributed by atoms with Gasteiger partial charge in [-0.3, -0.25) is 0 Å². The maximum absolute atomic E-state index is 2.96. The average molecular weight is 933 g/mol. The average Bonchev–Trinajstić information content (AvgIpc) is 1.39. The Morgan fingerprint density at radius 2 is 0.553 bits per heavy atom. The van der Waals surface area contributed by atoms with Gasteiger partial charge in [-0.05, 0) is 359 Å². The zero-order valence-corrected chi connectivity index (χ0v) is 40.2. The summed E-state index contributed by atoms with van der Waals surface area (Å²) in [4.78, 5) is 0. The molecule has 3 fully saturated rings. The quantitative estimate of drug-likeness (QED) is 0.120. The fraction of sp³-hybridized carbons (Fsp3) is 0.158. The van der Waals surface area contributed by atoms with E-state index in [1.165, 1.54) is 12.8 Å². The lowest BCUT2D eigenvalue weighted by molar-refractivity contribution is -0.102. The molecule has 0 heteroatoms. The van der Waals surface area contributed by atoms with E-state index >= 15 is 0 Å². The highest BCUT2D eigenvalue weighted by Crippen LogP contribution is 3.01. The van der Waals surface area contributed by atoms with E-state index in [1.807, 2.05) is 44.2 Å². The summed E-state index contributed by atoms with van der Waals surface area (Å²) in [5, 5.41) is 86.4. The molecule has 76 heavy (non-hydrogen) atoms. The van der Waals surface area contributed by atoms with Crippen LogP contribution in [0.15, 0.2) is 42.0 Å². The van der Waals surface area contributed by atoms with Crippen LogP contribution < -0.4 is 0 Å². The predicted octanol–water partition coefficient (Wildman–Crippen LogP) is 19.6. The van der Waals surface area contributed by atoms with Gasteiger partial charge in [0.2, 0.25) is 0 Å². The molecule has 0 aromatic heterocycles. The summed E-state index contributed by atoms with van der Waals surface area (Å²) in [6, 6.07) is 12.5. The number of hydrogen-bond acceptors (Lipinski definition) is 0. The smallest absolute Gasteiger partial charge is 0.0402 e. The van der Waals surface area contributed by atoms with Crippen LogP contribution in [0.4, 0.5) is 0 Å².